The van der Waals surface area contributed by atoms with Crippen molar-refractivity contribution in [1.82, 2.24) is 14.8 Å². The Morgan fingerprint density at radius 3 is 2.80 bits per heavy atom. The lowest BCUT2D eigenvalue weighted by molar-refractivity contribution is 0.0699. The third kappa shape index (κ3) is 1.92. The van der Waals surface area contributed by atoms with Crippen LogP contribution in [0.15, 0.2) is 36.5 Å². The normalized spacial score (nSPS) is 10.9. The van der Waals surface area contributed by atoms with Crippen LogP contribution in [0.25, 0.3) is 22.3 Å². The van der Waals surface area contributed by atoms with Gasteiger partial charge >= 0.3 is 5.97 Å². The van der Waals surface area contributed by atoms with Gasteiger partial charge in [0.15, 0.2) is 0 Å². The van der Waals surface area contributed by atoms with Gasteiger partial charge in [0.1, 0.15) is 0 Å². The molecule has 0 spiro atoms. The van der Waals surface area contributed by atoms with E-state index in [4.69, 9.17) is 11.6 Å². The smallest absolute Gasteiger partial charge is 0.336 e. The number of aryl methyl sites for hydroxylation is 1. The van der Waals surface area contributed by atoms with Gasteiger partial charge in [0.25, 0.3) is 0 Å². The molecule has 2 aromatic heterocycles. The molecule has 0 saturated carbocycles. The average molecular weight is 288 g/mol. The fourth-order valence-electron chi connectivity index (χ4n) is 2.17. The van der Waals surface area contributed by atoms with Crippen LogP contribution >= 0.6 is 11.6 Å². The van der Waals surface area contributed by atoms with Crippen molar-refractivity contribution < 1.29 is 9.90 Å². The summed E-state index contributed by atoms with van der Waals surface area (Å²) >= 11 is 6.09. The van der Waals surface area contributed by atoms with E-state index in [-0.39, 0.29) is 5.56 Å². The van der Waals surface area contributed by atoms with E-state index in [1.165, 1.54) is 6.07 Å². The standard InChI is InChI=1S/C14H10ClN3O2/c1-18-12(5-6-16-18)11-7-8(14(19)20)13-9(15)3-2-4-10(13)17-11/h2-7H,1H3,(H,19,20). The van der Waals surface area contributed by atoms with E-state index in [2.05, 4.69) is 10.1 Å². The van der Waals surface area contributed by atoms with E-state index >= 15 is 0 Å². The molecule has 0 fully saturated rings. The van der Waals surface area contributed by atoms with Gasteiger partial charge in [-0.2, -0.15) is 5.10 Å². The van der Waals surface area contributed by atoms with Crippen molar-refractivity contribution in [3.8, 4) is 11.4 Å². The van der Waals surface area contributed by atoms with E-state index in [0.29, 0.717) is 21.6 Å². The highest BCUT2D eigenvalue weighted by Crippen LogP contribution is 2.29. The van der Waals surface area contributed by atoms with Crippen LogP contribution in [0.1, 0.15) is 10.4 Å². The van der Waals surface area contributed by atoms with Crippen LogP contribution in [0.5, 0.6) is 0 Å². The third-order valence-electron chi connectivity index (χ3n) is 3.10. The second-order valence-electron chi connectivity index (χ2n) is 4.33. The zero-order chi connectivity index (χ0) is 14.3. The summed E-state index contributed by atoms with van der Waals surface area (Å²) < 4.78 is 1.64. The van der Waals surface area contributed by atoms with Crippen LogP contribution in [0.3, 0.4) is 0 Å². The van der Waals surface area contributed by atoms with Crippen LogP contribution in [0.4, 0.5) is 0 Å². The van der Waals surface area contributed by atoms with E-state index in [1.54, 1.807) is 42.2 Å². The van der Waals surface area contributed by atoms with Gasteiger partial charge < -0.3 is 5.11 Å². The molecule has 0 aliphatic rings. The van der Waals surface area contributed by atoms with Gasteiger partial charge in [0.05, 0.1) is 27.5 Å². The van der Waals surface area contributed by atoms with Crippen LogP contribution < -0.4 is 0 Å². The molecule has 2 heterocycles. The Morgan fingerprint density at radius 1 is 1.35 bits per heavy atom. The molecule has 0 aliphatic heterocycles. The largest absolute Gasteiger partial charge is 0.478 e. The molecule has 0 radical (unpaired) electrons. The van der Waals surface area contributed by atoms with Crippen LogP contribution in [0.2, 0.25) is 5.02 Å². The second kappa shape index (κ2) is 4.61. The second-order valence-corrected chi connectivity index (χ2v) is 4.74. The summed E-state index contributed by atoms with van der Waals surface area (Å²) in [6.45, 7) is 0. The number of rotatable bonds is 2. The zero-order valence-corrected chi connectivity index (χ0v) is 11.3. The molecule has 1 aromatic carbocycles. The number of fused-ring (bicyclic) bond motifs is 1. The van der Waals surface area contributed by atoms with E-state index in [1.807, 2.05) is 0 Å². The van der Waals surface area contributed by atoms with E-state index in [0.717, 1.165) is 5.69 Å². The lowest BCUT2D eigenvalue weighted by Gasteiger charge is -2.08. The number of carboxylic acid groups (broad SMARTS) is 1. The van der Waals surface area contributed by atoms with Gasteiger partial charge in [0.2, 0.25) is 0 Å². The molecule has 3 aromatic rings. The summed E-state index contributed by atoms with van der Waals surface area (Å²) in [7, 11) is 1.78. The van der Waals surface area contributed by atoms with Crippen molar-refractivity contribution >= 4 is 28.5 Å². The Bertz CT molecular complexity index is 826. The van der Waals surface area contributed by atoms with Crippen molar-refractivity contribution in [2.75, 3.05) is 0 Å². The number of nitrogens with zero attached hydrogens (tertiary/aromatic N) is 3. The van der Waals surface area contributed by atoms with Crippen LogP contribution in [0, 0.1) is 0 Å². The Balaban J connectivity index is 2.38. The number of carbonyl (C=O) groups is 1. The third-order valence-corrected chi connectivity index (χ3v) is 3.41. The molecule has 0 amide bonds. The van der Waals surface area contributed by atoms with Crippen molar-refractivity contribution in [2.24, 2.45) is 7.05 Å². The highest BCUT2D eigenvalue weighted by molar-refractivity contribution is 6.36. The maximum atomic E-state index is 11.5. The molecule has 0 saturated heterocycles. The predicted octanol–water partition coefficient (Wildman–Crippen LogP) is 2.99. The minimum atomic E-state index is -1.03. The molecule has 6 heteroatoms. The summed E-state index contributed by atoms with van der Waals surface area (Å²) in [5, 5.41) is 14.3. The summed E-state index contributed by atoms with van der Waals surface area (Å²) in [6.07, 6.45) is 1.64. The van der Waals surface area contributed by atoms with Gasteiger partial charge in [-0.1, -0.05) is 17.7 Å². The quantitative estimate of drug-likeness (QED) is 0.787. The minimum Gasteiger partial charge on any atom is -0.478 e. The number of hydrogen-bond acceptors (Lipinski definition) is 3. The number of carboxylic acids is 1. The molecule has 0 atom stereocenters. The fourth-order valence-corrected chi connectivity index (χ4v) is 2.44. The molecule has 100 valence electrons. The summed E-state index contributed by atoms with van der Waals surface area (Å²) in [5.41, 5.74) is 1.98. The molecule has 1 N–H and O–H groups in total. The Labute approximate surface area is 119 Å². The van der Waals surface area contributed by atoms with Gasteiger partial charge in [-0.05, 0) is 24.3 Å². The fraction of sp³-hybridized carbons (Fsp3) is 0.0714. The van der Waals surface area contributed by atoms with Gasteiger partial charge in [-0.3, -0.25) is 4.68 Å². The van der Waals surface area contributed by atoms with Crippen molar-refractivity contribution in [2.45, 2.75) is 0 Å². The highest BCUT2D eigenvalue weighted by Gasteiger charge is 2.16. The first kappa shape index (κ1) is 12.6. The number of pyridine rings is 1. The van der Waals surface area contributed by atoms with Crippen molar-refractivity contribution in [3.63, 3.8) is 0 Å². The molecular weight excluding hydrogens is 278 g/mol. The average Bonchev–Trinajstić information content (AvgIpc) is 2.84. The number of hydrogen-bond donors (Lipinski definition) is 1. The lowest BCUT2D eigenvalue weighted by atomic mass is 10.1. The van der Waals surface area contributed by atoms with Gasteiger partial charge in [0, 0.05) is 18.6 Å². The topological polar surface area (TPSA) is 68.0 Å². The first-order valence-corrected chi connectivity index (χ1v) is 6.26. The molecule has 0 unspecified atom stereocenters. The first-order chi connectivity index (χ1) is 9.58. The molecule has 0 aliphatic carbocycles. The number of aromatic nitrogens is 3. The number of aromatic carboxylic acids is 1. The van der Waals surface area contributed by atoms with Crippen molar-refractivity contribution in [3.05, 3.63) is 47.1 Å². The van der Waals surface area contributed by atoms with Crippen LogP contribution in [-0.4, -0.2) is 25.8 Å². The summed E-state index contributed by atoms with van der Waals surface area (Å²) in [6, 6.07) is 8.45. The van der Waals surface area contributed by atoms with Gasteiger partial charge in [-0.25, -0.2) is 9.78 Å². The van der Waals surface area contributed by atoms with E-state index in [9.17, 15) is 9.90 Å². The summed E-state index contributed by atoms with van der Waals surface area (Å²) in [5.74, 6) is -1.03. The maximum Gasteiger partial charge on any atom is 0.336 e. The Morgan fingerprint density at radius 2 is 2.15 bits per heavy atom. The first-order valence-electron chi connectivity index (χ1n) is 5.89. The molecule has 20 heavy (non-hydrogen) atoms. The SMILES string of the molecule is Cn1nccc1-c1cc(C(=O)O)c2c(Cl)cccc2n1. The van der Waals surface area contributed by atoms with E-state index < -0.39 is 5.97 Å². The van der Waals surface area contributed by atoms with Crippen LogP contribution in [-0.2, 0) is 7.05 Å². The maximum absolute atomic E-state index is 11.5. The predicted molar refractivity (Wildman–Crippen MR) is 75.9 cm³/mol. The van der Waals surface area contributed by atoms with Crippen molar-refractivity contribution in [1.29, 1.82) is 0 Å². The molecule has 3 rings (SSSR count). The zero-order valence-electron chi connectivity index (χ0n) is 10.5. The minimum absolute atomic E-state index is 0.136. The van der Waals surface area contributed by atoms with Gasteiger partial charge in [-0.15, -0.1) is 0 Å². The molecule has 5 nitrogen and oxygen atoms in total. The highest BCUT2D eigenvalue weighted by atomic mass is 35.5. The Hall–Kier alpha value is -2.40. The molecule has 0 bridgehead atoms. The number of benzene rings is 1. The Kier molecular flexibility index (Phi) is 2.91. The molecular formula is C14H10ClN3O2. The monoisotopic (exact) mass is 287 g/mol. The number of halogens is 1. The lowest BCUT2D eigenvalue weighted by Crippen LogP contribution is -2.02. The summed E-state index contributed by atoms with van der Waals surface area (Å²) in [4.78, 5) is 15.9.